The maximum Gasteiger partial charge on any atom is 0.0409 e. The van der Waals surface area contributed by atoms with Gasteiger partial charge in [-0.05, 0) is 37.0 Å². The van der Waals surface area contributed by atoms with Crippen molar-refractivity contribution in [1.82, 2.24) is 5.32 Å². The average Bonchev–Trinajstić information content (AvgIpc) is 2.17. The van der Waals surface area contributed by atoms with Crippen LogP contribution in [0.5, 0.6) is 0 Å². The fourth-order valence-corrected chi connectivity index (χ4v) is 2.47. The summed E-state index contributed by atoms with van der Waals surface area (Å²) >= 11 is 11.9. The number of nitrogens with one attached hydrogen (secondary N) is 1. The van der Waals surface area contributed by atoms with Crippen molar-refractivity contribution in [2.45, 2.75) is 31.3 Å². The first-order valence-corrected chi connectivity index (χ1v) is 6.21. The third-order valence-electron chi connectivity index (χ3n) is 3.12. The number of alkyl halides is 1. The molecule has 0 aliphatic heterocycles. The van der Waals surface area contributed by atoms with E-state index in [1.807, 2.05) is 18.2 Å². The zero-order chi connectivity index (χ0) is 10.7. The predicted octanol–water partition coefficient (Wildman–Crippen LogP) is 3.59. The van der Waals surface area contributed by atoms with E-state index in [0.29, 0.717) is 5.88 Å². The van der Waals surface area contributed by atoms with E-state index in [-0.39, 0.29) is 5.54 Å². The van der Waals surface area contributed by atoms with Gasteiger partial charge in [0.15, 0.2) is 0 Å². The molecule has 3 heteroatoms. The highest BCUT2D eigenvalue weighted by Gasteiger charge is 2.35. The zero-order valence-corrected chi connectivity index (χ0v) is 10.1. The first-order chi connectivity index (χ1) is 7.24. The molecule has 1 nitrogen and oxygen atoms in total. The smallest absolute Gasteiger partial charge is 0.0409 e. The van der Waals surface area contributed by atoms with Crippen LogP contribution in [0.2, 0.25) is 5.02 Å². The van der Waals surface area contributed by atoms with E-state index in [1.54, 1.807) is 0 Å². The normalized spacial score (nSPS) is 18.5. The highest BCUT2D eigenvalue weighted by Crippen LogP contribution is 2.33. The fourth-order valence-electron chi connectivity index (χ4n) is 1.90. The van der Waals surface area contributed by atoms with Gasteiger partial charge in [-0.2, -0.15) is 0 Å². The van der Waals surface area contributed by atoms with Gasteiger partial charge in [0, 0.05) is 23.0 Å². The number of benzene rings is 1. The van der Waals surface area contributed by atoms with Crippen molar-refractivity contribution in [2.24, 2.45) is 0 Å². The van der Waals surface area contributed by atoms with Gasteiger partial charge in [-0.1, -0.05) is 23.7 Å². The maximum atomic E-state index is 5.97. The van der Waals surface area contributed by atoms with Gasteiger partial charge in [0.2, 0.25) is 0 Å². The van der Waals surface area contributed by atoms with Crippen LogP contribution in [0.3, 0.4) is 0 Å². The summed E-state index contributed by atoms with van der Waals surface area (Å²) in [6.07, 6.45) is 3.67. The Kier molecular flexibility index (Phi) is 3.55. The molecule has 82 valence electrons. The average molecular weight is 244 g/mol. The molecule has 0 spiro atoms. The van der Waals surface area contributed by atoms with Crippen molar-refractivity contribution in [1.29, 1.82) is 0 Å². The van der Waals surface area contributed by atoms with Crippen LogP contribution in [0.25, 0.3) is 0 Å². The molecule has 0 bridgehead atoms. The molecule has 0 amide bonds. The minimum atomic E-state index is 0.184. The van der Waals surface area contributed by atoms with E-state index in [4.69, 9.17) is 23.2 Å². The largest absolute Gasteiger partial charge is 0.306 e. The van der Waals surface area contributed by atoms with Crippen molar-refractivity contribution in [3.8, 4) is 0 Å². The third-order valence-corrected chi connectivity index (χ3v) is 3.87. The Labute approximate surface area is 101 Å². The van der Waals surface area contributed by atoms with Gasteiger partial charge in [0.1, 0.15) is 0 Å². The molecular weight excluding hydrogens is 229 g/mol. The summed E-state index contributed by atoms with van der Waals surface area (Å²) < 4.78 is 0. The Morgan fingerprint density at radius 3 is 2.67 bits per heavy atom. The lowest BCUT2D eigenvalue weighted by Gasteiger charge is -2.41. The molecule has 0 saturated heterocycles. The lowest BCUT2D eigenvalue weighted by molar-refractivity contribution is 0.211. The number of hydrogen-bond donors (Lipinski definition) is 1. The monoisotopic (exact) mass is 243 g/mol. The topological polar surface area (TPSA) is 12.0 Å². The van der Waals surface area contributed by atoms with Gasteiger partial charge in [-0.25, -0.2) is 0 Å². The predicted molar refractivity (Wildman–Crippen MR) is 65.6 cm³/mol. The van der Waals surface area contributed by atoms with Crippen LogP contribution in [-0.4, -0.2) is 11.4 Å². The molecule has 1 N–H and O–H groups in total. The van der Waals surface area contributed by atoms with E-state index in [2.05, 4.69) is 11.4 Å². The second-order valence-corrected chi connectivity index (χ2v) is 4.95. The van der Waals surface area contributed by atoms with Crippen LogP contribution < -0.4 is 5.32 Å². The molecule has 1 aliphatic rings. The van der Waals surface area contributed by atoms with Crippen LogP contribution in [0.15, 0.2) is 24.3 Å². The Bertz CT molecular complexity index is 329. The van der Waals surface area contributed by atoms with Crippen molar-refractivity contribution in [3.05, 3.63) is 34.9 Å². The molecule has 15 heavy (non-hydrogen) atoms. The molecule has 1 aromatic carbocycles. The van der Waals surface area contributed by atoms with E-state index < -0.39 is 0 Å². The van der Waals surface area contributed by atoms with Crippen LogP contribution in [0, 0.1) is 0 Å². The van der Waals surface area contributed by atoms with E-state index in [0.717, 1.165) is 11.6 Å². The fraction of sp³-hybridized carbons (Fsp3) is 0.500. The highest BCUT2D eigenvalue weighted by atomic mass is 35.5. The van der Waals surface area contributed by atoms with Gasteiger partial charge >= 0.3 is 0 Å². The van der Waals surface area contributed by atoms with Crippen molar-refractivity contribution < 1.29 is 0 Å². The Morgan fingerprint density at radius 2 is 2.13 bits per heavy atom. The second-order valence-electron chi connectivity index (χ2n) is 4.25. The summed E-state index contributed by atoms with van der Waals surface area (Å²) in [5, 5.41) is 4.33. The van der Waals surface area contributed by atoms with E-state index in [9.17, 15) is 0 Å². The summed E-state index contributed by atoms with van der Waals surface area (Å²) in [4.78, 5) is 0. The molecule has 0 atom stereocenters. The summed E-state index contributed by atoms with van der Waals surface area (Å²) in [6.45, 7) is 0.854. The quantitative estimate of drug-likeness (QED) is 0.798. The first kappa shape index (κ1) is 11.3. The van der Waals surface area contributed by atoms with Gasteiger partial charge in [-0.15, -0.1) is 11.6 Å². The second kappa shape index (κ2) is 4.73. The van der Waals surface area contributed by atoms with Gasteiger partial charge in [-0.3, -0.25) is 0 Å². The summed E-state index contributed by atoms with van der Waals surface area (Å²) in [5.74, 6) is 0.702. The molecule has 1 aliphatic carbocycles. The number of halogens is 2. The molecule has 0 radical (unpaired) electrons. The lowest BCUT2D eigenvalue weighted by atomic mass is 9.78. The van der Waals surface area contributed by atoms with Gasteiger partial charge in [0.05, 0.1) is 0 Å². The standard InChI is InChI=1S/C12H15Cl2N/c13-9-12(5-2-6-12)15-8-10-3-1-4-11(14)7-10/h1,3-4,7,15H,2,5-6,8-9H2. The first-order valence-electron chi connectivity index (χ1n) is 5.30. The van der Waals surface area contributed by atoms with Gasteiger partial charge in [0.25, 0.3) is 0 Å². The highest BCUT2D eigenvalue weighted by molar-refractivity contribution is 6.30. The molecule has 1 fully saturated rings. The molecule has 0 unspecified atom stereocenters. The molecule has 1 aromatic rings. The van der Waals surface area contributed by atoms with Gasteiger partial charge < -0.3 is 5.32 Å². The minimum absolute atomic E-state index is 0.184. The minimum Gasteiger partial charge on any atom is -0.306 e. The van der Waals surface area contributed by atoms with Crippen LogP contribution in [0.4, 0.5) is 0 Å². The molecule has 2 rings (SSSR count). The number of hydrogen-bond acceptors (Lipinski definition) is 1. The molecule has 0 aromatic heterocycles. The Morgan fingerprint density at radius 1 is 1.33 bits per heavy atom. The third kappa shape index (κ3) is 2.66. The molecule has 1 saturated carbocycles. The lowest BCUT2D eigenvalue weighted by Crippen LogP contribution is -2.52. The zero-order valence-electron chi connectivity index (χ0n) is 8.60. The van der Waals surface area contributed by atoms with Crippen LogP contribution in [0.1, 0.15) is 24.8 Å². The SMILES string of the molecule is ClCC1(NCc2cccc(Cl)c2)CCC1. The molecular formula is C12H15Cl2N. The van der Waals surface area contributed by atoms with Crippen molar-refractivity contribution >= 4 is 23.2 Å². The molecule has 0 heterocycles. The van der Waals surface area contributed by atoms with E-state index in [1.165, 1.54) is 24.8 Å². The number of rotatable bonds is 4. The van der Waals surface area contributed by atoms with E-state index >= 15 is 0 Å². The van der Waals surface area contributed by atoms with Crippen molar-refractivity contribution in [2.75, 3.05) is 5.88 Å². The Hall–Kier alpha value is -0.240. The summed E-state index contributed by atoms with van der Waals surface area (Å²) in [7, 11) is 0. The van der Waals surface area contributed by atoms with Crippen LogP contribution >= 0.6 is 23.2 Å². The van der Waals surface area contributed by atoms with Crippen molar-refractivity contribution in [3.63, 3.8) is 0 Å². The summed E-state index contributed by atoms with van der Waals surface area (Å²) in [5.41, 5.74) is 1.41. The Balaban J connectivity index is 1.92. The van der Waals surface area contributed by atoms with Crippen LogP contribution in [-0.2, 0) is 6.54 Å². The maximum absolute atomic E-state index is 5.97. The summed E-state index contributed by atoms with van der Waals surface area (Å²) in [6, 6.07) is 7.95.